The van der Waals surface area contributed by atoms with Crippen LogP contribution in [-0.4, -0.2) is 25.4 Å². The molecule has 26 heavy (non-hydrogen) atoms. The lowest BCUT2D eigenvalue weighted by atomic mass is 9.89. The van der Waals surface area contributed by atoms with E-state index in [2.05, 4.69) is 9.71 Å². The number of hydrogen-bond acceptors (Lipinski definition) is 4. The van der Waals surface area contributed by atoms with E-state index in [1.165, 1.54) is 24.3 Å². The molecule has 3 rings (SSSR count). The summed E-state index contributed by atoms with van der Waals surface area (Å²) in [5.74, 6) is -3.56. The van der Waals surface area contributed by atoms with Crippen molar-refractivity contribution in [3.63, 3.8) is 0 Å². The summed E-state index contributed by atoms with van der Waals surface area (Å²) in [5.41, 5.74) is 1.05. The number of nitrogens with zero attached hydrogens (tertiary/aromatic N) is 2. The molecule has 1 fully saturated rings. The van der Waals surface area contributed by atoms with Crippen molar-refractivity contribution in [3.05, 3.63) is 47.4 Å². The zero-order valence-corrected chi connectivity index (χ0v) is 14.4. The molecule has 0 aliphatic heterocycles. The van der Waals surface area contributed by atoms with E-state index < -0.39 is 40.6 Å². The number of hydrogen-bond donors (Lipinski definition) is 1. The zero-order chi connectivity index (χ0) is 19.1. The molecule has 5 nitrogen and oxygen atoms in total. The highest BCUT2D eigenvalue weighted by Crippen LogP contribution is 2.38. The van der Waals surface area contributed by atoms with Gasteiger partial charge >= 0.3 is 0 Å². The van der Waals surface area contributed by atoms with Crippen LogP contribution in [0.2, 0.25) is 0 Å². The van der Waals surface area contributed by atoms with Crippen LogP contribution in [0.1, 0.15) is 24.1 Å². The zero-order valence-electron chi connectivity index (χ0n) is 13.6. The topological polar surface area (TPSA) is 82.9 Å². The average Bonchev–Trinajstić information content (AvgIpc) is 2.53. The second-order valence-corrected chi connectivity index (χ2v) is 7.91. The van der Waals surface area contributed by atoms with Crippen LogP contribution in [0.25, 0.3) is 11.3 Å². The van der Waals surface area contributed by atoms with Crippen molar-refractivity contribution < 1.29 is 21.6 Å². The molecule has 0 amide bonds. The molecule has 1 heterocycles. The monoisotopic (exact) mass is 381 g/mol. The van der Waals surface area contributed by atoms with Crippen molar-refractivity contribution in [2.45, 2.75) is 36.6 Å². The number of pyridine rings is 1. The van der Waals surface area contributed by atoms with E-state index in [9.17, 15) is 21.6 Å². The predicted molar refractivity (Wildman–Crippen MR) is 87.4 cm³/mol. The first-order valence-corrected chi connectivity index (χ1v) is 9.17. The van der Waals surface area contributed by atoms with Crippen LogP contribution in [0.3, 0.4) is 0 Å². The quantitative estimate of drug-likeness (QED) is 0.882. The average molecular weight is 381 g/mol. The fraction of sp³-hybridized carbons (Fsp3) is 0.294. The SMILES string of the molecule is Cc1cc(S(=O)(=O)NC2CC(F)(F)C2)ccc1-c1ccc(F)c(C#N)n1. The highest BCUT2D eigenvalue weighted by molar-refractivity contribution is 7.89. The van der Waals surface area contributed by atoms with E-state index in [4.69, 9.17) is 5.26 Å². The summed E-state index contributed by atoms with van der Waals surface area (Å²) in [6, 6.07) is 7.55. The summed E-state index contributed by atoms with van der Waals surface area (Å²) in [5, 5.41) is 8.87. The smallest absolute Gasteiger partial charge is 0.234 e. The van der Waals surface area contributed by atoms with Gasteiger partial charge in [-0.2, -0.15) is 5.26 Å². The highest BCUT2D eigenvalue weighted by atomic mass is 32.2. The third-order valence-electron chi connectivity index (χ3n) is 4.15. The van der Waals surface area contributed by atoms with Crippen molar-refractivity contribution in [2.24, 2.45) is 0 Å². The molecule has 0 unspecified atom stereocenters. The van der Waals surface area contributed by atoms with Crippen molar-refractivity contribution in [1.82, 2.24) is 9.71 Å². The number of aryl methyl sites for hydroxylation is 1. The molecule has 0 bridgehead atoms. The van der Waals surface area contributed by atoms with E-state index >= 15 is 0 Å². The number of benzene rings is 1. The van der Waals surface area contributed by atoms with Crippen LogP contribution < -0.4 is 4.72 Å². The molecule has 2 aromatic rings. The second-order valence-electron chi connectivity index (χ2n) is 6.20. The Morgan fingerprint density at radius 2 is 1.96 bits per heavy atom. The number of aromatic nitrogens is 1. The van der Waals surface area contributed by atoms with E-state index in [0.717, 1.165) is 6.07 Å². The first kappa shape index (κ1) is 18.4. The van der Waals surface area contributed by atoms with Crippen LogP contribution in [0.4, 0.5) is 13.2 Å². The maximum absolute atomic E-state index is 13.4. The van der Waals surface area contributed by atoms with E-state index in [0.29, 0.717) is 16.8 Å². The second kappa shape index (κ2) is 6.37. The molecule has 0 saturated heterocycles. The molecule has 136 valence electrons. The van der Waals surface area contributed by atoms with Gasteiger partial charge in [-0.1, -0.05) is 6.07 Å². The van der Waals surface area contributed by atoms with Gasteiger partial charge in [-0.15, -0.1) is 0 Å². The van der Waals surface area contributed by atoms with Gasteiger partial charge in [0, 0.05) is 24.4 Å². The number of nitrogens with one attached hydrogen (secondary N) is 1. The third-order valence-corrected chi connectivity index (χ3v) is 5.67. The molecule has 9 heteroatoms. The normalized spacial score (nSPS) is 16.7. The first-order chi connectivity index (χ1) is 12.1. The summed E-state index contributed by atoms with van der Waals surface area (Å²) >= 11 is 0. The Bertz CT molecular complexity index is 1010. The van der Waals surface area contributed by atoms with Gasteiger partial charge in [0.15, 0.2) is 11.5 Å². The molecule has 1 saturated carbocycles. The van der Waals surface area contributed by atoms with E-state index in [-0.39, 0.29) is 10.6 Å². The number of sulfonamides is 1. The maximum atomic E-state index is 13.4. The lowest BCUT2D eigenvalue weighted by Gasteiger charge is -2.35. The molecular formula is C17H14F3N3O2S. The molecule has 1 aromatic carbocycles. The van der Waals surface area contributed by atoms with Gasteiger partial charge in [0.2, 0.25) is 10.0 Å². The summed E-state index contributed by atoms with van der Waals surface area (Å²) in [7, 11) is -3.93. The minimum Gasteiger partial charge on any atom is -0.234 e. The fourth-order valence-electron chi connectivity index (χ4n) is 2.79. The molecular weight excluding hydrogens is 367 g/mol. The van der Waals surface area contributed by atoms with Crippen LogP contribution in [-0.2, 0) is 10.0 Å². The number of nitriles is 1. The number of rotatable bonds is 4. The van der Waals surface area contributed by atoms with Crippen LogP contribution >= 0.6 is 0 Å². The van der Waals surface area contributed by atoms with E-state index in [1.807, 2.05) is 0 Å². The largest absolute Gasteiger partial charge is 0.251 e. The van der Waals surface area contributed by atoms with Gasteiger partial charge in [-0.05, 0) is 36.8 Å². The predicted octanol–water partition coefficient (Wildman–Crippen LogP) is 3.14. The lowest BCUT2D eigenvalue weighted by molar-refractivity contribution is -0.0876. The first-order valence-electron chi connectivity index (χ1n) is 7.69. The molecule has 0 spiro atoms. The standard InChI is InChI=1S/C17H14F3N3O2S/c1-10-6-12(26(24,25)23-11-7-17(19,20)8-11)2-3-13(10)15-5-4-14(18)16(9-21)22-15/h2-6,11,23H,7-8H2,1H3. The van der Waals surface area contributed by atoms with Gasteiger partial charge in [-0.3, -0.25) is 0 Å². The molecule has 1 aliphatic carbocycles. The number of halogens is 3. The van der Waals surface area contributed by atoms with Crippen molar-refractivity contribution >= 4 is 10.0 Å². The Balaban J connectivity index is 1.87. The lowest BCUT2D eigenvalue weighted by Crippen LogP contribution is -2.50. The number of alkyl halides is 2. The summed E-state index contributed by atoms with van der Waals surface area (Å²) in [4.78, 5) is 3.86. The Hall–Kier alpha value is -2.44. The fourth-order valence-corrected chi connectivity index (χ4v) is 4.11. The molecule has 0 radical (unpaired) electrons. The summed E-state index contributed by atoms with van der Waals surface area (Å²) in [6.45, 7) is 1.64. The van der Waals surface area contributed by atoms with Crippen molar-refractivity contribution in [2.75, 3.05) is 0 Å². The third kappa shape index (κ3) is 3.57. The summed E-state index contributed by atoms with van der Waals surface area (Å²) in [6.07, 6.45) is -1.03. The van der Waals surface area contributed by atoms with E-state index in [1.54, 1.807) is 13.0 Å². The van der Waals surface area contributed by atoms with Gasteiger partial charge in [0.25, 0.3) is 5.92 Å². The maximum Gasteiger partial charge on any atom is 0.251 e. The minimum absolute atomic E-state index is 0.0587. The highest BCUT2D eigenvalue weighted by Gasteiger charge is 2.46. The minimum atomic E-state index is -3.93. The van der Waals surface area contributed by atoms with Crippen molar-refractivity contribution in [1.29, 1.82) is 5.26 Å². The van der Waals surface area contributed by atoms with Gasteiger partial charge < -0.3 is 0 Å². The van der Waals surface area contributed by atoms with Gasteiger partial charge in [0.1, 0.15) is 6.07 Å². The molecule has 0 atom stereocenters. The van der Waals surface area contributed by atoms with Crippen molar-refractivity contribution in [3.8, 4) is 17.3 Å². The Labute approximate surface area is 148 Å². The van der Waals surface area contributed by atoms with Gasteiger partial charge in [0.05, 0.1) is 10.6 Å². The molecule has 1 aliphatic rings. The Kier molecular flexibility index (Phi) is 4.50. The van der Waals surface area contributed by atoms with Crippen LogP contribution in [0, 0.1) is 24.1 Å². The van der Waals surface area contributed by atoms with Crippen LogP contribution in [0.5, 0.6) is 0 Å². The van der Waals surface area contributed by atoms with Crippen LogP contribution in [0.15, 0.2) is 35.2 Å². The Morgan fingerprint density at radius 3 is 2.54 bits per heavy atom. The Morgan fingerprint density at radius 1 is 1.27 bits per heavy atom. The molecule has 1 aromatic heterocycles. The van der Waals surface area contributed by atoms with Gasteiger partial charge in [-0.25, -0.2) is 31.3 Å². The molecule has 1 N–H and O–H groups in total. The summed E-state index contributed by atoms with van der Waals surface area (Å²) < 4.78 is 66.1.